The molecule has 0 spiro atoms. The summed E-state index contributed by atoms with van der Waals surface area (Å²) in [5.74, 6) is 0.782. The summed E-state index contributed by atoms with van der Waals surface area (Å²) in [6, 6.07) is 13.1. The number of thiophene rings is 1. The van der Waals surface area contributed by atoms with Gasteiger partial charge in [0.1, 0.15) is 5.75 Å². The molecule has 0 unspecified atom stereocenters. The molecule has 3 aliphatic heterocycles. The number of carbonyl (C=O) groups excluding carboxylic acids is 1. The third-order valence-corrected chi connectivity index (χ3v) is 6.82. The Hall–Kier alpha value is -2.09. The molecule has 2 aromatic rings. The summed E-state index contributed by atoms with van der Waals surface area (Å²) in [5, 5.41) is 7.47. The third-order valence-electron chi connectivity index (χ3n) is 5.85. The number of nitrogens with zero attached hydrogens (tertiary/aromatic N) is 1. The van der Waals surface area contributed by atoms with Crippen LogP contribution < -0.4 is 20.3 Å². The minimum absolute atomic E-state index is 0.00173. The predicted octanol–water partition coefficient (Wildman–Crippen LogP) is 3.00. The molecule has 28 heavy (non-hydrogen) atoms. The van der Waals surface area contributed by atoms with Gasteiger partial charge in [0.2, 0.25) is 0 Å². The van der Waals surface area contributed by atoms with Gasteiger partial charge in [0, 0.05) is 36.9 Å². The fraction of sp³-hybridized carbons (Fsp3) is 0.476. The maximum atomic E-state index is 12.6. The summed E-state index contributed by atoms with van der Waals surface area (Å²) in [6.07, 6.45) is 3.44. The van der Waals surface area contributed by atoms with Gasteiger partial charge in [-0.05, 0) is 55.7 Å². The van der Waals surface area contributed by atoms with E-state index in [0.717, 1.165) is 50.0 Å². The van der Waals surface area contributed by atoms with Crippen LogP contribution in [-0.4, -0.2) is 50.3 Å². The Morgan fingerprint density at radius 2 is 1.96 bits per heavy atom. The second-order valence-electron chi connectivity index (χ2n) is 7.68. The van der Waals surface area contributed by atoms with Gasteiger partial charge in [0.25, 0.3) is 5.91 Å². The van der Waals surface area contributed by atoms with Gasteiger partial charge in [0.05, 0.1) is 18.1 Å². The number of ether oxygens (including phenoxy) is 2. The lowest BCUT2D eigenvalue weighted by Gasteiger charge is -2.28. The van der Waals surface area contributed by atoms with Gasteiger partial charge in [0.15, 0.2) is 5.06 Å². The summed E-state index contributed by atoms with van der Waals surface area (Å²) in [7, 11) is 0. The topological polar surface area (TPSA) is 62.8 Å². The highest BCUT2D eigenvalue weighted by Crippen LogP contribution is 2.32. The molecule has 1 aromatic carbocycles. The van der Waals surface area contributed by atoms with E-state index in [1.54, 1.807) is 0 Å². The molecular formula is C21H25N3O3S. The molecule has 3 fully saturated rings. The molecule has 4 heterocycles. The third kappa shape index (κ3) is 3.74. The number of amides is 1. The Balaban J connectivity index is 1.18. The van der Waals surface area contributed by atoms with Crippen LogP contribution in [-0.2, 0) is 4.74 Å². The Bertz CT molecular complexity index is 832. The van der Waals surface area contributed by atoms with E-state index in [1.807, 2.05) is 24.3 Å². The second kappa shape index (κ2) is 7.73. The summed E-state index contributed by atoms with van der Waals surface area (Å²) < 4.78 is 11.4. The molecule has 7 heteroatoms. The quantitative estimate of drug-likeness (QED) is 0.809. The van der Waals surface area contributed by atoms with Crippen molar-refractivity contribution in [2.45, 2.75) is 37.4 Å². The number of benzene rings is 1. The molecule has 3 atom stereocenters. The van der Waals surface area contributed by atoms with Crippen molar-refractivity contribution in [2.75, 3.05) is 31.2 Å². The van der Waals surface area contributed by atoms with Crippen molar-refractivity contribution in [3.63, 3.8) is 0 Å². The van der Waals surface area contributed by atoms with Crippen LogP contribution in [0, 0.1) is 0 Å². The van der Waals surface area contributed by atoms with Gasteiger partial charge in [-0.3, -0.25) is 4.79 Å². The molecular weight excluding hydrogens is 374 g/mol. The number of carbonyl (C=O) groups is 1. The van der Waals surface area contributed by atoms with Crippen molar-refractivity contribution in [3.05, 3.63) is 41.3 Å². The number of rotatable bonds is 5. The van der Waals surface area contributed by atoms with E-state index < -0.39 is 0 Å². The molecule has 1 amide bonds. The first-order valence-corrected chi connectivity index (χ1v) is 10.8. The van der Waals surface area contributed by atoms with Crippen molar-refractivity contribution in [1.82, 2.24) is 10.6 Å². The van der Waals surface area contributed by atoms with Crippen LogP contribution in [0.1, 0.15) is 28.9 Å². The lowest BCUT2D eigenvalue weighted by Crippen LogP contribution is -2.42. The first-order chi connectivity index (χ1) is 13.7. The van der Waals surface area contributed by atoms with Crippen molar-refractivity contribution in [2.24, 2.45) is 0 Å². The number of hydrogen-bond acceptors (Lipinski definition) is 6. The zero-order chi connectivity index (χ0) is 18.9. The first kappa shape index (κ1) is 18.0. The normalized spacial score (nSPS) is 26.4. The van der Waals surface area contributed by atoms with Gasteiger partial charge in [-0.1, -0.05) is 11.3 Å². The van der Waals surface area contributed by atoms with Crippen LogP contribution in [0.15, 0.2) is 36.4 Å². The standard InChI is InChI=1S/C21H25N3O3S/c25-21(23-18-13-14-1-6-17(18)22-14)19-7-8-20(28-19)27-16-4-2-15(3-5-16)24-9-11-26-12-10-24/h2-5,7-8,14,17-18,22H,1,6,9-13H2,(H,23,25)/t14-,17+,18-/m1/s1. The summed E-state index contributed by atoms with van der Waals surface area (Å²) in [4.78, 5) is 15.6. The average Bonchev–Trinajstić information content (AvgIpc) is 3.46. The summed E-state index contributed by atoms with van der Waals surface area (Å²) in [5.41, 5.74) is 1.18. The maximum Gasteiger partial charge on any atom is 0.261 e. The van der Waals surface area contributed by atoms with E-state index in [0.29, 0.717) is 17.0 Å². The number of fused-ring (bicyclic) bond motifs is 2. The van der Waals surface area contributed by atoms with Crippen LogP contribution >= 0.6 is 11.3 Å². The van der Waals surface area contributed by atoms with Crippen LogP contribution in [0.5, 0.6) is 10.8 Å². The average molecular weight is 400 g/mol. The minimum Gasteiger partial charge on any atom is -0.447 e. The number of hydrogen-bond donors (Lipinski definition) is 2. The van der Waals surface area contributed by atoms with Gasteiger partial charge >= 0.3 is 0 Å². The largest absolute Gasteiger partial charge is 0.447 e. The van der Waals surface area contributed by atoms with Crippen molar-refractivity contribution < 1.29 is 14.3 Å². The van der Waals surface area contributed by atoms with Crippen LogP contribution in [0.25, 0.3) is 0 Å². The molecule has 5 rings (SSSR count). The minimum atomic E-state index is 0.00173. The van der Waals surface area contributed by atoms with Gasteiger partial charge in [-0.25, -0.2) is 0 Å². The maximum absolute atomic E-state index is 12.6. The Morgan fingerprint density at radius 1 is 1.14 bits per heavy atom. The highest BCUT2D eigenvalue weighted by atomic mass is 32.1. The van der Waals surface area contributed by atoms with E-state index in [9.17, 15) is 4.79 Å². The monoisotopic (exact) mass is 399 g/mol. The second-order valence-corrected chi connectivity index (χ2v) is 8.72. The van der Waals surface area contributed by atoms with Crippen molar-refractivity contribution in [3.8, 4) is 10.8 Å². The van der Waals surface area contributed by atoms with Gasteiger partial charge in [-0.15, -0.1) is 0 Å². The van der Waals surface area contributed by atoms with E-state index in [4.69, 9.17) is 9.47 Å². The van der Waals surface area contributed by atoms with Crippen LogP contribution in [0.4, 0.5) is 5.69 Å². The molecule has 1 aromatic heterocycles. The molecule has 0 radical (unpaired) electrons. The zero-order valence-electron chi connectivity index (χ0n) is 15.7. The first-order valence-electron chi connectivity index (χ1n) is 10.0. The lowest BCUT2D eigenvalue weighted by atomic mass is 9.95. The van der Waals surface area contributed by atoms with E-state index >= 15 is 0 Å². The number of anilines is 1. The van der Waals surface area contributed by atoms with Gasteiger partial charge in [-0.2, -0.15) is 0 Å². The smallest absolute Gasteiger partial charge is 0.261 e. The van der Waals surface area contributed by atoms with E-state index in [1.165, 1.54) is 23.4 Å². The SMILES string of the molecule is O=C(N[C@@H]1C[C@H]2CC[C@@H]1N2)c1ccc(Oc2ccc(N3CCOCC3)cc2)s1. The fourth-order valence-electron chi connectivity index (χ4n) is 4.38. The molecule has 0 aliphatic carbocycles. The Morgan fingerprint density at radius 3 is 2.68 bits per heavy atom. The number of nitrogens with one attached hydrogen (secondary N) is 2. The highest BCUT2D eigenvalue weighted by Gasteiger charge is 2.39. The molecule has 3 aliphatic rings. The summed E-state index contributed by atoms with van der Waals surface area (Å²) in [6.45, 7) is 3.39. The molecule has 3 saturated heterocycles. The zero-order valence-corrected chi connectivity index (χ0v) is 16.5. The molecule has 148 valence electrons. The molecule has 0 saturated carbocycles. The summed E-state index contributed by atoms with van der Waals surface area (Å²) >= 11 is 1.39. The van der Waals surface area contributed by atoms with Crippen molar-refractivity contribution >= 4 is 22.9 Å². The lowest BCUT2D eigenvalue weighted by molar-refractivity contribution is 0.0935. The van der Waals surface area contributed by atoms with E-state index in [2.05, 4.69) is 27.7 Å². The Labute approximate surface area is 168 Å². The molecule has 6 nitrogen and oxygen atoms in total. The predicted molar refractivity (Wildman–Crippen MR) is 110 cm³/mol. The molecule has 2 bridgehead atoms. The van der Waals surface area contributed by atoms with Gasteiger partial charge < -0.3 is 25.0 Å². The molecule has 2 N–H and O–H groups in total. The van der Waals surface area contributed by atoms with E-state index in [-0.39, 0.29) is 11.9 Å². The van der Waals surface area contributed by atoms with Crippen molar-refractivity contribution in [1.29, 1.82) is 0 Å². The highest BCUT2D eigenvalue weighted by molar-refractivity contribution is 7.15. The van der Waals surface area contributed by atoms with Crippen LogP contribution in [0.3, 0.4) is 0 Å². The number of morpholine rings is 1. The Kier molecular flexibility index (Phi) is 4.96. The van der Waals surface area contributed by atoms with Crippen LogP contribution in [0.2, 0.25) is 0 Å². The fourth-order valence-corrected chi connectivity index (χ4v) is 5.16.